The number of nitrogens with one attached hydrogen (secondary N) is 1. The lowest BCUT2D eigenvalue weighted by Crippen LogP contribution is -2.19. The van der Waals surface area contributed by atoms with Crippen LogP contribution < -0.4 is 14.9 Å². The molecular formula is C24H20Cl3IN2O3S. The van der Waals surface area contributed by atoms with Crippen LogP contribution in [0.1, 0.15) is 18.1 Å². The number of halogens is 4. The van der Waals surface area contributed by atoms with E-state index in [1.807, 2.05) is 37.3 Å². The summed E-state index contributed by atoms with van der Waals surface area (Å²) in [5.74, 6) is 1.23. The largest absolute Gasteiger partial charge is 0.490 e. The average Bonchev–Trinajstić information content (AvgIpc) is 2.80. The minimum atomic E-state index is -0.211. The number of nitrogens with zero attached hydrogens (tertiary/aromatic N) is 1. The molecule has 3 rings (SSSR count). The van der Waals surface area contributed by atoms with Gasteiger partial charge in [-0.15, -0.1) is 11.8 Å². The van der Waals surface area contributed by atoms with Gasteiger partial charge in [-0.25, -0.2) is 5.43 Å². The van der Waals surface area contributed by atoms with E-state index < -0.39 is 0 Å². The van der Waals surface area contributed by atoms with Crippen molar-refractivity contribution in [2.45, 2.75) is 18.4 Å². The zero-order valence-corrected chi connectivity index (χ0v) is 23.2. The molecule has 1 amide bonds. The van der Waals surface area contributed by atoms with Crippen LogP contribution in [0.4, 0.5) is 0 Å². The molecule has 3 aromatic carbocycles. The standard InChI is InChI=1S/C24H20Cl3IN2O3S/c1-2-32-22-11-16(12-29-30-23(31)14-34-18-6-4-17(25)5-7-18)10-21(28)24(22)33-13-15-3-8-19(26)20(27)9-15/h3-12H,2,13-14H2,1H3,(H,30,31)/b29-12-. The van der Waals surface area contributed by atoms with Gasteiger partial charge in [0.15, 0.2) is 11.5 Å². The van der Waals surface area contributed by atoms with Crippen LogP contribution in [0, 0.1) is 3.57 Å². The van der Waals surface area contributed by atoms with E-state index in [-0.39, 0.29) is 11.7 Å². The molecule has 1 N–H and O–H groups in total. The fraction of sp³-hybridized carbons (Fsp3) is 0.167. The maximum Gasteiger partial charge on any atom is 0.250 e. The number of carbonyl (C=O) groups excluding carboxylic acids is 1. The normalized spacial score (nSPS) is 11.0. The van der Waals surface area contributed by atoms with Crippen LogP contribution in [0.5, 0.6) is 11.5 Å². The lowest BCUT2D eigenvalue weighted by Gasteiger charge is -2.15. The summed E-state index contributed by atoms with van der Waals surface area (Å²) in [5.41, 5.74) is 4.19. The van der Waals surface area contributed by atoms with E-state index >= 15 is 0 Å². The maximum absolute atomic E-state index is 12.1. The number of benzene rings is 3. The van der Waals surface area contributed by atoms with E-state index in [4.69, 9.17) is 44.3 Å². The van der Waals surface area contributed by atoms with Crippen molar-refractivity contribution in [3.63, 3.8) is 0 Å². The highest BCUT2D eigenvalue weighted by Gasteiger charge is 2.13. The van der Waals surface area contributed by atoms with E-state index in [0.717, 1.165) is 19.6 Å². The Kier molecular flexibility index (Phi) is 10.7. The summed E-state index contributed by atoms with van der Waals surface area (Å²) in [6.45, 7) is 2.68. The summed E-state index contributed by atoms with van der Waals surface area (Å²) in [7, 11) is 0. The van der Waals surface area contributed by atoms with Crippen LogP contribution in [-0.4, -0.2) is 24.5 Å². The van der Waals surface area contributed by atoms with Crippen LogP contribution in [0.2, 0.25) is 15.1 Å². The van der Waals surface area contributed by atoms with Crippen molar-refractivity contribution in [3.05, 3.63) is 84.4 Å². The van der Waals surface area contributed by atoms with Crippen LogP contribution >= 0.6 is 69.2 Å². The van der Waals surface area contributed by atoms with Crippen LogP contribution in [0.15, 0.2) is 64.6 Å². The van der Waals surface area contributed by atoms with Crippen molar-refractivity contribution in [1.29, 1.82) is 0 Å². The molecular weight excluding hydrogens is 630 g/mol. The molecule has 0 radical (unpaired) electrons. The molecule has 3 aromatic rings. The molecule has 0 spiro atoms. The second-order valence-corrected chi connectivity index (χ2v) is 10.3. The highest BCUT2D eigenvalue weighted by molar-refractivity contribution is 14.1. The highest BCUT2D eigenvalue weighted by atomic mass is 127. The van der Waals surface area contributed by atoms with Crippen LogP contribution in [-0.2, 0) is 11.4 Å². The average molecular weight is 650 g/mol. The Balaban J connectivity index is 1.61. The van der Waals surface area contributed by atoms with Crippen molar-refractivity contribution in [2.24, 2.45) is 5.10 Å². The Morgan fingerprint density at radius 2 is 1.82 bits per heavy atom. The molecule has 0 aromatic heterocycles. The smallest absolute Gasteiger partial charge is 0.250 e. The van der Waals surface area contributed by atoms with Gasteiger partial charge < -0.3 is 9.47 Å². The third-order valence-corrected chi connectivity index (χ3v) is 7.09. The first-order valence-corrected chi connectivity index (χ1v) is 13.3. The van der Waals surface area contributed by atoms with Crippen LogP contribution in [0.25, 0.3) is 0 Å². The van der Waals surface area contributed by atoms with Gasteiger partial charge in [-0.1, -0.05) is 40.9 Å². The van der Waals surface area contributed by atoms with E-state index in [2.05, 4.69) is 33.1 Å². The Morgan fingerprint density at radius 3 is 2.53 bits per heavy atom. The molecule has 0 atom stereocenters. The fourth-order valence-electron chi connectivity index (χ4n) is 2.74. The first-order chi connectivity index (χ1) is 16.4. The monoisotopic (exact) mass is 648 g/mol. The van der Waals surface area contributed by atoms with Crippen molar-refractivity contribution < 1.29 is 14.3 Å². The third kappa shape index (κ3) is 8.23. The number of hydrazone groups is 1. The Labute approximate surface area is 231 Å². The van der Waals surface area contributed by atoms with Gasteiger partial charge in [-0.3, -0.25) is 4.79 Å². The molecule has 34 heavy (non-hydrogen) atoms. The van der Waals surface area contributed by atoms with Gasteiger partial charge in [-0.05, 0) is 89.2 Å². The lowest BCUT2D eigenvalue weighted by atomic mass is 10.2. The summed E-state index contributed by atoms with van der Waals surface area (Å²) in [4.78, 5) is 13.0. The first kappa shape index (κ1) is 26.9. The van der Waals surface area contributed by atoms with E-state index in [1.165, 1.54) is 11.8 Å². The molecule has 0 saturated heterocycles. The summed E-state index contributed by atoms with van der Waals surface area (Å²) in [6, 6.07) is 16.4. The summed E-state index contributed by atoms with van der Waals surface area (Å²) in [5, 5.41) is 5.69. The highest BCUT2D eigenvalue weighted by Crippen LogP contribution is 2.35. The Hall–Kier alpha value is -1.65. The zero-order valence-electron chi connectivity index (χ0n) is 18.0. The molecule has 0 aliphatic carbocycles. The number of ether oxygens (including phenoxy) is 2. The number of amides is 1. The van der Waals surface area contributed by atoms with E-state index in [1.54, 1.807) is 30.5 Å². The second-order valence-electron chi connectivity index (χ2n) is 6.84. The minimum absolute atomic E-state index is 0.211. The molecule has 0 aliphatic rings. The molecule has 5 nitrogen and oxygen atoms in total. The molecule has 0 heterocycles. The van der Waals surface area contributed by atoms with Gasteiger partial charge in [0.2, 0.25) is 5.91 Å². The van der Waals surface area contributed by atoms with Crippen molar-refractivity contribution in [3.8, 4) is 11.5 Å². The third-order valence-electron chi connectivity index (χ3n) is 4.29. The Bertz CT molecular complexity index is 1180. The number of rotatable bonds is 10. The number of thioether (sulfide) groups is 1. The lowest BCUT2D eigenvalue weighted by molar-refractivity contribution is -0.118. The van der Waals surface area contributed by atoms with Gasteiger partial charge in [0.1, 0.15) is 6.61 Å². The quantitative estimate of drug-likeness (QED) is 0.107. The predicted octanol–water partition coefficient (Wildman–Crippen LogP) is 7.47. The van der Waals surface area contributed by atoms with Crippen LogP contribution in [0.3, 0.4) is 0 Å². The molecule has 0 fully saturated rings. The molecule has 0 bridgehead atoms. The maximum atomic E-state index is 12.1. The molecule has 0 unspecified atom stereocenters. The van der Waals surface area contributed by atoms with Gasteiger partial charge in [0, 0.05) is 9.92 Å². The summed E-state index contributed by atoms with van der Waals surface area (Å²) >= 11 is 21.5. The second kappa shape index (κ2) is 13.4. The Morgan fingerprint density at radius 1 is 1.06 bits per heavy atom. The predicted molar refractivity (Wildman–Crippen MR) is 149 cm³/mol. The number of hydrogen-bond donors (Lipinski definition) is 1. The van der Waals surface area contributed by atoms with E-state index in [9.17, 15) is 4.79 Å². The van der Waals surface area contributed by atoms with Crippen molar-refractivity contribution >= 4 is 81.3 Å². The number of hydrogen-bond acceptors (Lipinski definition) is 5. The van der Waals surface area contributed by atoms with E-state index in [0.29, 0.717) is 39.8 Å². The zero-order chi connectivity index (χ0) is 24.5. The van der Waals surface area contributed by atoms with Gasteiger partial charge in [-0.2, -0.15) is 5.10 Å². The van der Waals surface area contributed by atoms with Gasteiger partial charge in [0.05, 0.1) is 32.2 Å². The van der Waals surface area contributed by atoms with Crippen molar-refractivity contribution in [1.82, 2.24) is 5.43 Å². The summed E-state index contributed by atoms with van der Waals surface area (Å²) in [6.07, 6.45) is 1.57. The summed E-state index contributed by atoms with van der Waals surface area (Å²) < 4.78 is 12.6. The van der Waals surface area contributed by atoms with Gasteiger partial charge >= 0.3 is 0 Å². The number of carbonyl (C=O) groups is 1. The first-order valence-electron chi connectivity index (χ1n) is 10.1. The fourth-order valence-corrected chi connectivity index (χ4v) is 4.66. The molecule has 178 valence electrons. The SMILES string of the molecule is CCOc1cc(/C=N\NC(=O)CSc2ccc(Cl)cc2)cc(I)c1OCc1ccc(Cl)c(Cl)c1. The van der Waals surface area contributed by atoms with Gasteiger partial charge in [0.25, 0.3) is 0 Å². The topological polar surface area (TPSA) is 59.9 Å². The van der Waals surface area contributed by atoms with Crippen molar-refractivity contribution in [2.75, 3.05) is 12.4 Å². The molecule has 10 heteroatoms. The minimum Gasteiger partial charge on any atom is -0.490 e. The molecule has 0 aliphatic heterocycles. The molecule has 0 saturated carbocycles.